The molecule has 1 N–H and O–H groups in total. The Bertz CT molecular complexity index is 1980. The molecule has 0 aliphatic heterocycles. The standard InChI is InChI=1S/C31H27N2.C13H24O2.Ir/c1-30(2,3)25-17-22(14-21-12-8-9-13-23(21)25)28-27-29(33-18-32-28)24-15-19-10-6-7-11-20(19)16-26(24)31(27,4)5;1-5-10(6-2)12(14)9-13(15)11(7-3)8-4;/h6-13,15-18H,1-5H3;9-11,14H,5-8H2,1-4H3;/q-1;;/b;12-9-;. The number of carbonyl (C=O) groups is 1. The number of aromatic nitrogens is 2. The molecule has 4 aromatic carbocycles. The Kier molecular flexibility index (Phi) is 12.1. The maximum Gasteiger partial charge on any atom is 0.162 e. The van der Waals surface area contributed by atoms with E-state index in [0.717, 1.165) is 48.0 Å². The van der Waals surface area contributed by atoms with Crippen LogP contribution >= 0.6 is 0 Å². The molecule has 5 aromatic rings. The molecule has 0 bridgehead atoms. The number of hydrogen-bond donors (Lipinski definition) is 1. The number of benzene rings is 4. The van der Waals surface area contributed by atoms with Crippen LogP contribution in [0.25, 0.3) is 44.1 Å². The fraction of sp³-hybridized carbons (Fsp3) is 0.386. The summed E-state index contributed by atoms with van der Waals surface area (Å²) in [6, 6.07) is 27.7. The van der Waals surface area contributed by atoms with Crippen molar-refractivity contribution in [1.29, 1.82) is 0 Å². The summed E-state index contributed by atoms with van der Waals surface area (Å²) in [5.74, 6) is 0.547. The van der Waals surface area contributed by atoms with E-state index < -0.39 is 0 Å². The van der Waals surface area contributed by atoms with Gasteiger partial charge in [0.05, 0.1) is 11.5 Å². The van der Waals surface area contributed by atoms with Gasteiger partial charge in [-0.25, -0.2) is 4.98 Å². The maximum absolute atomic E-state index is 11.7. The molecule has 1 radical (unpaired) electrons. The molecule has 49 heavy (non-hydrogen) atoms. The van der Waals surface area contributed by atoms with Gasteiger partial charge in [-0.1, -0.05) is 116 Å². The van der Waals surface area contributed by atoms with Crippen LogP contribution < -0.4 is 0 Å². The van der Waals surface area contributed by atoms with E-state index in [2.05, 4.69) is 107 Å². The molecular weight excluding hydrogens is 781 g/mol. The summed E-state index contributed by atoms with van der Waals surface area (Å²) < 4.78 is 0. The number of ketones is 1. The van der Waals surface area contributed by atoms with Gasteiger partial charge in [-0.3, -0.25) is 9.78 Å². The molecule has 0 unspecified atom stereocenters. The minimum absolute atomic E-state index is 0. The maximum atomic E-state index is 11.7. The molecule has 0 amide bonds. The number of allylic oxidation sites excluding steroid dienone is 2. The third-order valence-electron chi connectivity index (χ3n) is 10.2. The Morgan fingerprint density at radius 3 is 2.02 bits per heavy atom. The Hall–Kier alpha value is -3.66. The summed E-state index contributed by atoms with van der Waals surface area (Å²) >= 11 is 0. The van der Waals surface area contributed by atoms with Crippen LogP contribution in [0, 0.1) is 17.9 Å². The molecule has 5 heteroatoms. The Morgan fingerprint density at radius 1 is 0.837 bits per heavy atom. The largest absolute Gasteiger partial charge is 0.512 e. The van der Waals surface area contributed by atoms with Crippen molar-refractivity contribution in [3.8, 4) is 22.5 Å². The van der Waals surface area contributed by atoms with Crippen molar-refractivity contribution in [1.82, 2.24) is 9.97 Å². The second-order valence-electron chi connectivity index (χ2n) is 14.7. The fourth-order valence-corrected chi connectivity index (χ4v) is 7.23. The summed E-state index contributed by atoms with van der Waals surface area (Å²) in [4.78, 5) is 21.4. The average molecular weight is 832 g/mol. The van der Waals surface area contributed by atoms with Gasteiger partial charge in [-0.2, -0.15) is 0 Å². The van der Waals surface area contributed by atoms with E-state index in [1.165, 1.54) is 44.5 Å². The third-order valence-corrected chi connectivity index (χ3v) is 10.2. The smallest absolute Gasteiger partial charge is 0.162 e. The van der Waals surface area contributed by atoms with Crippen LogP contribution in [-0.4, -0.2) is 20.9 Å². The van der Waals surface area contributed by atoms with Crippen LogP contribution in [0.4, 0.5) is 0 Å². The van der Waals surface area contributed by atoms with Crippen LogP contribution in [-0.2, 0) is 35.7 Å². The van der Waals surface area contributed by atoms with Crippen molar-refractivity contribution in [3.05, 3.63) is 108 Å². The quantitative estimate of drug-likeness (QED) is 0.0961. The first kappa shape index (κ1) is 38.1. The van der Waals surface area contributed by atoms with Gasteiger partial charge in [0.1, 0.15) is 6.33 Å². The molecule has 0 saturated heterocycles. The molecule has 6 rings (SSSR count). The Morgan fingerprint density at radius 2 is 1.41 bits per heavy atom. The molecular formula is C44H51IrN2O2-. The van der Waals surface area contributed by atoms with Gasteiger partial charge in [-0.05, 0) is 65.1 Å². The molecule has 1 aliphatic carbocycles. The zero-order valence-electron chi connectivity index (χ0n) is 30.6. The fourth-order valence-electron chi connectivity index (χ4n) is 7.23. The summed E-state index contributed by atoms with van der Waals surface area (Å²) in [5.41, 5.74) is 7.93. The topological polar surface area (TPSA) is 63.1 Å². The number of hydrogen-bond acceptors (Lipinski definition) is 4. The predicted molar refractivity (Wildman–Crippen MR) is 201 cm³/mol. The monoisotopic (exact) mass is 832 g/mol. The number of rotatable bonds is 8. The zero-order chi connectivity index (χ0) is 34.8. The van der Waals surface area contributed by atoms with Gasteiger partial charge in [0, 0.05) is 54.7 Å². The van der Waals surface area contributed by atoms with E-state index in [1.54, 1.807) is 6.33 Å². The zero-order valence-corrected chi connectivity index (χ0v) is 33.0. The van der Waals surface area contributed by atoms with Gasteiger partial charge in [0.15, 0.2) is 5.78 Å². The number of carbonyl (C=O) groups excluding carboxylic acids is 1. The predicted octanol–water partition coefficient (Wildman–Crippen LogP) is 11.7. The van der Waals surface area contributed by atoms with E-state index in [9.17, 15) is 9.90 Å². The number of aliphatic hydroxyl groups excluding tert-OH is 1. The minimum Gasteiger partial charge on any atom is -0.512 e. The van der Waals surface area contributed by atoms with Crippen LogP contribution in [0.15, 0.2) is 84.9 Å². The van der Waals surface area contributed by atoms with E-state index in [0.29, 0.717) is 0 Å². The van der Waals surface area contributed by atoms with Crippen molar-refractivity contribution in [3.63, 3.8) is 0 Å². The number of fused-ring (bicyclic) bond motifs is 5. The van der Waals surface area contributed by atoms with Crippen molar-refractivity contribution in [2.24, 2.45) is 11.8 Å². The molecule has 1 aromatic heterocycles. The third kappa shape index (κ3) is 7.59. The molecule has 0 spiro atoms. The SMILES string of the molecule is CC(C)(C)c1cc(-c2ncnc3c2C(C)(C)c2cc4ccccc4cc2-3)[c-]c2ccccc12.CCC(CC)C(=O)/C=C(\O)C(CC)CC.[Ir]. The van der Waals surface area contributed by atoms with Gasteiger partial charge >= 0.3 is 0 Å². The van der Waals surface area contributed by atoms with Crippen LogP contribution in [0.3, 0.4) is 0 Å². The minimum atomic E-state index is -0.202. The number of aliphatic hydroxyl groups is 1. The van der Waals surface area contributed by atoms with Crippen molar-refractivity contribution >= 4 is 27.3 Å². The van der Waals surface area contributed by atoms with Gasteiger partial charge in [-0.15, -0.1) is 29.1 Å². The van der Waals surface area contributed by atoms with Gasteiger partial charge < -0.3 is 5.11 Å². The summed E-state index contributed by atoms with van der Waals surface area (Å²) in [5, 5.41) is 14.7. The van der Waals surface area contributed by atoms with Crippen LogP contribution in [0.1, 0.15) is 105 Å². The molecule has 1 heterocycles. The first-order valence-electron chi connectivity index (χ1n) is 17.6. The summed E-state index contributed by atoms with van der Waals surface area (Å²) in [6.45, 7) is 19.5. The Balaban J connectivity index is 0.000000290. The summed E-state index contributed by atoms with van der Waals surface area (Å²) in [7, 11) is 0. The Labute approximate surface area is 306 Å². The van der Waals surface area contributed by atoms with E-state index >= 15 is 0 Å². The number of nitrogens with zero attached hydrogens (tertiary/aromatic N) is 2. The van der Waals surface area contributed by atoms with Crippen LogP contribution in [0.5, 0.6) is 0 Å². The normalized spacial score (nSPS) is 13.6. The van der Waals surface area contributed by atoms with E-state index in [1.807, 2.05) is 27.7 Å². The first-order chi connectivity index (χ1) is 22.8. The first-order valence-corrected chi connectivity index (χ1v) is 17.6. The summed E-state index contributed by atoms with van der Waals surface area (Å²) in [6.07, 6.45) is 6.62. The van der Waals surface area contributed by atoms with E-state index in [-0.39, 0.29) is 54.3 Å². The second-order valence-corrected chi connectivity index (χ2v) is 14.7. The second kappa shape index (κ2) is 15.5. The molecule has 1 aliphatic rings. The van der Waals surface area contributed by atoms with Crippen molar-refractivity contribution < 1.29 is 30.0 Å². The molecule has 0 saturated carbocycles. The van der Waals surface area contributed by atoms with E-state index in [4.69, 9.17) is 9.97 Å². The molecule has 259 valence electrons. The van der Waals surface area contributed by atoms with Crippen LogP contribution in [0.2, 0.25) is 0 Å². The van der Waals surface area contributed by atoms with Gasteiger partial charge in [0.2, 0.25) is 0 Å². The van der Waals surface area contributed by atoms with Crippen molar-refractivity contribution in [2.45, 2.75) is 98.8 Å². The average Bonchev–Trinajstić information content (AvgIpc) is 3.29. The molecule has 4 nitrogen and oxygen atoms in total. The molecule has 0 atom stereocenters. The van der Waals surface area contributed by atoms with Gasteiger partial charge in [0.25, 0.3) is 0 Å². The molecule has 0 fully saturated rings. The van der Waals surface area contributed by atoms with Crippen molar-refractivity contribution in [2.75, 3.05) is 0 Å².